The van der Waals surface area contributed by atoms with Crippen LogP contribution in [-0.4, -0.2) is 11.5 Å². The summed E-state index contributed by atoms with van der Waals surface area (Å²) in [6.07, 6.45) is 3.86. The average Bonchev–Trinajstić information content (AvgIpc) is 2.27. The molecule has 1 fully saturated rings. The number of carbonyl (C=O) groups excluding carboxylic acids is 1. The van der Waals surface area contributed by atoms with E-state index in [1.807, 2.05) is 11.8 Å². The Labute approximate surface area is 93.6 Å². The van der Waals surface area contributed by atoms with Crippen molar-refractivity contribution in [1.82, 2.24) is 0 Å². The van der Waals surface area contributed by atoms with Gasteiger partial charge in [0.15, 0.2) is 0 Å². The first kappa shape index (κ1) is 9.22. The molecule has 0 radical (unpaired) electrons. The average molecular weight is 216 g/mol. The van der Waals surface area contributed by atoms with Gasteiger partial charge in [0.25, 0.3) is 0 Å². The highest BCUT2D eigenvalue weighted by Gasteiger charge is 2.30. The van der Waals surface area contributed by atoms with E-state index < -0.39 is 0 Å². The van der Waals surface area contributed by atoms with E-state index in [0.717, 1.165) is 18.6 Å². The van der Waals surface area contributed by atoms with Gasteiger partial charge in [-0.1, -0.05) is 24.3 Å². The van der Waals surface area contributed by atoms with Crippen LogP contribution in [0.2, 0.25) is 0 Å². The van der Waals surface area contributed by atoms with Crippen molar-refractivity contribution in [2.24, 2.45) is 5.92 Å². The van der Waals surface area contributed by atoms with Crippen molar-refractivity contribution < 1.29 is 4.79 Å². The van der Waals surface area contributed by atoms with Crippen LogP contribution in [0.15, 0.2) is 29.2 Å². The quantitative estimate of drug-likeness (QED) is 0.663. The molecule has 0 amide bonds. The number of fused-ring (bicyclic) bond motifs is 2. The molecule has 1 aliphatic carbocycles. The highest BCUT2D eigenvalue weighted by Crippen LogP contribution is 2.39. The Bertz CT molecular complexity index is 448. The molecular formula is C13H12OS. The number of thioether (sulfide) groups is 1. The van der Waals surface area contributed by atoms with Gasteiger partial charge in [-0.3, -0.25) is 4.79 Å². The number of Topliss-reactive ketones (excluding diaryl/α,β-unsaturated/α-hetero) is 1. The van der Waals surface area contributed by atoms with Crippen molar-refractivity contribution >= 4 is 23.6 Å². The second-order valence-electron chi connectivity index (χ2n) is 4.07. The molecule has 1 atom stereocenters. The minimum absolute atomic E-state index is 0.165. The Morgan fingerprint density at radius 1 is 1.27 bits per heavy atom. The fourth-order valence-electron chi connectivity index (χ4n) is 2.29. The van der Waals surface area contributed by atoms with Gasteiger partial charge in [0.2, 0.25) is 0 Å². The summed E-state index contributed by atoms with van der Waals surface area (Å²) >= 11 is 1.85. The summed E-state index contributed by atoms with van der Waals surface area (Å²) in [4.78, 5) is 13.1. The van der Waals surface area contributed by atoms with Gasteiger partial charge in [-0.2, -0.15) is 0 Å². The largest absolute Gasteiger partial charge is 0.299 e. The summed E-state index contributed by atoms with van der Waals surface area (Å²) in [5.41, 5.74) is 2.62. The van der Waals surface area contributed by atoms with E-state index >= 15 is 0 Å². The summed E-state index contributed by atoms with van der Waals surface area (Å²) < 4.78 is 0. The third-order valence-electron chi connectivity index (χ3n) is 3.13. The van der Waals surface area contributed by atoms with Crippen LogP contribution < -0.4 is 0 Å². The lowest BCUT2D eigenvalue weighted by Gasteiger charge is -2.28. The van der Waals surface area contributed by atoms with E-state index in [1.54, 1.807) is 0 Å². The van der Waals surface area contributed by atoms with Crippen molar-refractivity contribution in [3.63, 3.8) is 0 Å². The molecule has 1 saturated heterocycles. The van der Waals surface area contributed by atoms with E-state index in [2.05, 4.69) is 30.3 Å². The fourth-order valence-corrected chi connectivity index (χ4v) is 3.46. The number of hydrogen-bond acceptors (Lipinski definition) is 2. The fraction of sp³-hybridized carbons (Fsp3) is 0.308. The number of benzene rings is 1. The first-order chi connectivity index (χ1) is 7.34. The zero-order valence-corrected chi connectivity index (χ0v) is 9.22. The van der Waals surface area contributed by atoms with Crippen LogP contribution in [0.3, 0.4) is 0 Å². The minimum atomic E-state index is 0.165. The lowest BCUT2D eigenvalue weighted by Crippen LogP contribution is -2.25. The normalized spacial score (nSPS) is 24.1. The molecule has 1 heterocycles. The van der Waals surface area contributed by atoms with Gasteiger partial charge in [0.05, 0.1) is 5.92 Å². The van der Waals surface area contributed by atoms with Crippen molar-refractivity contribution in [1.29, 1.82) is 0 Å². The molecule has 76 valence electrons. The van der Waals surface area contributed by atoms with Gasteiger partial charge in [-0.25, -0.2) is 0 Å². The SMILES string of the molecule is O=C1CCSC2=Cc3ccccc3CC12. The van der Waals surface area contributed by atoms with Gasteiger partial charge in [-0.05, 0) is 28.5 Å². The molecule has 1 aromatic rings. The van der Waals surface area contributed by atoms with Crippen LogP contribution in [0.1, 0.15) is 17.5 Å². The maximum Gasteiger partial charge on any atom is 0.142 e. The third kappa shape index (κ3) is 1.53. The van der Waals surface area contributed by atoms with Crippen molar-refractivity contribution in [2.75, 3.05) is 5.75 Å². The molecule has 0 aromatic heterocycles. The minimum Gasteiger partial charge on any atom is -0.299 e. The third-order valence-corrected chi connectivity index (χ3v) is 4.27. The Morgan fingerprint density at radius 3 is 3.07 bits per heavy atom. The van der Waals surface area contributed by atoms with Crippen molar-refractivity contribution in [3.8, 4) is 0 Å². The van der Waals surface area contributed by atoms with Crippen LogP contribution in [0.5, 0.6) is 0 Å². The van der Waals surface area contributed by atoms with E-state index in [1.165, 1.54) is 16.0 Å². The molecule has 0 N–H and O–H groups in total. The highest BCUT2D eigenvalue weighted by atomic mass is 32.2. The Kier molecular flexibility index (Phi) is 2.17. The standard InChI is InChI=1S/C13H12OS/c14-12-5-6-15-13-8-10-4-2-1-3-9(10)7-11(12)13/h1-4,8,11H,5-7H2. The van der Waals surface area contributed by atoms with Crippen molar-refractivity contribution in [2.45, 2.75) is 12.8 Å². The van der Waals surface area contributed by atoms with E-state index in [0.29, 0.717) is 5.78 Å². The molecule has 15 heavy (non-hydrogen) atoms. The van der Waals surface area contributed by atoms with Gasteiger partial charge < -0.3 is 0 Å². The second kappa shape index (κ2) is 3.53. The van der Waals surface area contributed by atoms with E-state index in [9.17, 15) is 4.79 Å². The summed E-state index contributed by atoms with van der Waals surface area (Å²) in [5.74, 6) is 1.55. The second-order valence-corrected chi connectivity index (χ2v) is 5.24. The molecule has 1 aromatic carbocycles. The maximum absolute atomic E-state index is 11.8. The highest BCUT2D eigenvalue weighted by molar-refractivity contribution is 8.03. The summed E-state index contributed by atoms with van der Waals surface area (Å²) in [6, 6.07) is 8.39. The molecule has 2 heteroatoms. The van der Waals surface area contributed by atoms with E-state index in [4.69, 9.17) is 0 Å². The molecule has 2 aliphatic rings. The van der Waals surface area contributed by atoms with Crippen LogP contribution in [-0.2, 0) is 11.2 Å². The van der Waals surface area contributed by atoms with Gasteiger partial charge in [0.1, 0.15) is 5.78 Å². The molecule has 0 bridgehead atoms. The molecule has 0 spiro atoms. The lowest BCUT2D eigenvalue weighted by atomic mass is 9.86. The van der Waals surface area contributed by atoms with Crippen LogP contribution in [0.25, 0.3) is 6.08 Å². The van der Waals surface area contributed by atoms with Crippen LogP contribution >= 0.6 is 11.8 Å². The zero-order valence-electron chi connectivity index (χ0n) is 8.40. The summed E-state index contributed by atoms with van der Waals surface area (Å²) in [6.45, 7) is 0. The summed E-state index contributed by atoms with van der Waals surface area (Å²) in [7, 11) is 0. The van der Waals surface area contributed by atoms with Crippen LogP contribution in [0.4, 0.5) is 0 Å². The predicted molar refractivity (Wildman–Crippen MR) is 63.7 cm³/mol. The van der Waals surface area contributed by atoms with Gasteiger partial charge in [-0.15, -0.1) is 11.8 Å². The maximum atomic E-state index is 11.8. The molecule has 3 rings (SSSR count). The number of hydrogen-bond donors (Lipinski definition) is 0. The number of allylic oxidation sites excluding steroid dienone is 1. The smallest absolute Gasteiger partial charge is 0.142 e. The van der Waals surface area contributed by atoms with Crippen molar-refractivity contribution in [3.05, 3.63) is 40.3 Å². The predicted octanol–water partition coefficient (Wildman–Crippen LogP) is 2.91. The topological polar surface area (TPSA) is 17.1 Å². The van der Waals surface area contributed by atoms with Crippen LogP contribution in [0, 0.1) is 5.92 Å². The number of rotatable bonds is 0. The Hall–Kier alpha value is -1.02. The van der Waals surface area contributed by atoms with Gasteiger partial charge >= 0.3 is 0 Å². The monoisotopic (exact) mass is 216 g/mol. The lowest BCUT2D eigenvalue weighted by molar-refractivity contribution is -0.121. The zero-order chi connectivity index (χ0) is 10.3. The molecule has 1 nitrogen and oxygen atoms in total. The molecule has 1 unspecified atom stereocenters. The molecular weight excluding hydrogens is 204 g/mol. The summed E-state index contributed by atoms with van der Waals surface area (Å²) in [5, 5.41) is 0. The Morgan fingerprint density at radius 2 is 2.13 bits per heavy atom. The molecule has 0 saturated carbocycles. The first-order valence-electron chi connectivity index (χ1n) is 5.29. The molecule has 1 aliphatic heterocycles. The first-order valence-corrected chi connectivity index (χ1v) is 6.28. The van der Waals surface area contributed by atoms with E-state index in [-0.39, 0.29) is 5.92 Å². The Balaban J connectivity index is 2.06. The number of ketones is 1. The number of carbonyl (C=O) groups is 1. The van der Waals surface area contributed by atoms with Gasteiger partial charge in [0, 0.05) is 12.2 Å².